The molecule has 17 heavy (non-hydrogen) atoms. The van der Waals surface area contributed by atoms with Crippen molar-refractivity contribution in [2.45, 2.75) is 11.8 Å². The third kappa shape index (κ3) is 4.07. The third-order valence-corrected chi connectivity index (χ3v) is 3.81. The Morgan fingerprint density at radius 1 is 1.35 bits per heavy atom. The lowest BCUT2D eigenvalue weighted by Crippen LogP contribution is -2.00. The van der Waals surface area contributed by atoms with Gasteiger partial charge in [-0.3, -0.25) is 0 Å². The zero-order valence-electron chi connectivity index (χ0n) is 8.84. The summed E-state index contributed by atoms with van der Waals surface area (Å²) in [5.41, 5.74) is 0.797. The van der Waals surface area contributed by atoms with Gasteiger partial charge in [0, 0.05) is 16.7 Å². The summed E-state index contributed by atoms with van der Waals surface area (Å²) >= 11 is 11.6. The summed E-state index contributed by atoms with van der Waals surface area (Å²) in [6.45, 7) is 5.71. The van der Waals surface area contributed by atoms with Crippen LogP contribution in [0.5, 0.6) is 5.75 Å². The molecule has 0 aliphatic rings. The maximum Gasteiger partial charge on any atom is 0.262 e. The first-order valence-corrected chi connectivity index (χ1v) is 7.49. The molecule has 0 saturated carbocycles. The van der Waals surface area contributed by atoms with Crippen molar-refractivity contribution in [2.24, 2.45) is 0 Å². The second kappa shape index (κ2) is 5.48. The van der Waals surface area contributed by atoms with Gasteiger partial charge in [0.25, 0.3) is 9.05 Å². The van der Waals surface area contributed by atoms with Crippen LogP contribution >= 0.6 is 33.9 Å². The van der Waals surface area contributed by atoms with E-state index < -0.39 is 9.05 Å². The fourth-order valence-corrected chi connectivity index (χ4v) is 2.80. The van der Waals surface area contributed by atoms with Gasteiger partial charge < -0.3 is 4.74 Å². The van der Waals surface area contributed by atoms with Crippen LogP contribution in [0.2, 0.25) is 10.0 Å². The van der Waals surface area contributed by atoms with E-state index in [2.05, 4.69) is 6.58 Å². The van der Waals surface area contributed by atoms with Gasteiger partial charge in [-0.15, -0.1) is 0 Å². The minimum Gasteiger partial charge on any atom is -0.488 e. The molecular weight excluding hydrogens is 307 g/mol. The topological polar surface area (TPSA) is 43.4 Å². The zero-order valence-corrected chi connectivity index (χ0v) is 11.9. The Kier molecular flexibility index (Phi) is 4.72. The van der Waals surface area contributed by atoms with Gasteiger partial charge in [-0.05, 0) is 18.6 Å². The van der Waals surface area contributed by atoms with Crippen molar-refractivity contribution in [3.8, 4) is 5.75 Å². The molecule has 7 heteroatoms. The fraction of sp³-hybridized carbons (Fsp3) is 0.200. The molecule has 0 unspecified atom stereocenters. The van der Waals surface area contributed by atoms with E-state index in [0.717, 1.165) is 11.6 Å². The average Bonchev–Trinajstić information content (AvgIpc) is 2.17. The lowest BCUT2D eigenvalue weighted by atomic mass is 10.3. The second-order valence-electron chi connectivity index (χ2n) is 3.40. The standard InChI is InChI=1S/C10H9Cl3O3S/c1-6(2)5-16-9-3-8(12)10(4-7(9)11)17(13,14)15/h3-4H,1,5H2,2H3. The van der Waals surface area contributed by atoms with Crippen LogP contribution in [0.3, 0.4) is 0 Å². The van der Waals surface area contributed by atoms with Crippen LogP contribution in [0.25, 0.3) is 0 Å². The van der Waals surface area contributed by atoms with Gasteiger partial charge in [-0.1, -0.05) is 29.8 Å². The van der Waals surface area contributed by atoms with Gasteiger partial charge in [0.15, 0.2) is 0 Å². The largest absolute Gasteiger partial charge is 0.488 e. The predicted molar refractivity (Wildman–Crippen MR) is 69.8 cm³/mol. The van der Waals surface area contributed by atoms with Crippen molar-refractivity contribution < 1.29 is 13.2 Å². The van der Waals surface area contributed by atoms with Gasteiger partial charge in [0.2, 0.25) is 0 Å². The number of benzene rings is 1. The van der Waals surface area contributed by atoms with Crippen LogP contribution in [-0.4, -0.2) is 15.0 Å². The molecule has 0 spiro atoms. The molecule has 0 N–H and O–H groups in total. The summed E-state index contributed by atoms with van der Waals surface area (Å²) in [5, 5.41) is 0.0796. The fourth-order valence-electron chi connectivity index (χ4n) is 1.01. The second-order valence-corrected chi connectivity index (χ2v) is 6.75. The van der Waals surface area contributed by atoms with Crippen molar-refractivity contribution >= 4 is 42.9 Å². The quantitative estimate of drug-likeness (QED) is 0.625. The number of ether oxygens (including phenoxy) is 1. The maximum atomic E-state index is 11.2. The Labute approximate surface area is 114 Å². The number of hydrogen-bond donors (Lipinski definition) is 0. The molecule has 0 aromatic heterocycles. The lowest BCUT2D eigenvalue weighted by Gasteiger charge is -2.09. The summed E-state index contributed by atoms with van der Waals surface area (Å²) in [4.78, 5) is -0.242. The van der Waals surface area contributed by atoms with Crippen LogP contribution < -0.4 is 4.74 Å². The highest BCUT2D eigenvalue weighted by atomic mass is 35.7. The Morgan fingerprint density at radius 2 is 1.94 bits per heavy atom. The van der Waals surface area contributed by atoms with Gasteiger partial charge in [0.1, 0.15) is 17.3 Å². The molecule has 0 amide bonds. The van der Waals surface area contributed by atoms with E-state index in [1.165, 1.54) is 6.07 Å². The normalized spacial score (nSPS) is 11.3. The average molecular weight is 316 g/mol. The van der Waals surface area contributed by atoms with Crippen molar-refractivity contribution in [3.05, 3.63) is 34.3 Å². The molecule has 0 radical (unpaired) electrons. The van der Waals surface area contributed by atoms with E-state index in [9.17, 15) is 8.42 Å². The molecule has 1 aromatic carbocycles. The number of halogens is 3. The number of rotatable bonds is 4. The highest BCUT2D eigenvalue weighted by Crippen LogP contribution is 2.35. The van der Waals surface area contributed by atoms with E-state index in [-0.39, 0.29) is 27.3 Å². The van der Waals surface area contributed by atoms with Gasteiger partial charge in [-0.2, -0.15) is 0 Å². The van der Waals surface area contributed by atoms with Crippen LogP contribution in [0.15, 0.2) is 29.2 Å². The molecule has 0 aliphatic heterocycles. The maximum absolute atomic E-state index is 11.2. The van der Waals surface area contributed by atoms with E-state index in [4.69, 9.17) is 38.6 Å². The van der Waals surface area contributed by atoms with Crippen molar-refractivity contribution in [1.29, 1.82) is 0 Å². The van der Waals surface area contributed by atoms with Crippen molar-refractivity contribution in [1.82, 2.24) is 0 Å². The summed E-state index contributed by atoms with van der Waals surface area (Å²) in [7, 11) is 1.27. The minimum atomic E-state index is -3.92. The molecular formula is C10H9Cl3O3S. The summed E-state index contributed by atoms with van der Waals surface area (Å²) in [6.07, 6.45) is 0. The molecule has 3 nitrogen and oxygen atoms in total. The summed E-state index contributed by atoms with van der Waals surface area (Å²) in [5.74, 6) is 0.281. The molecule has 94 valence electrons. The molecule has 1 aromatic rings. The van der Waals surface area contributed by atoms with Crippen molar-refractivity contribution in [3.63, 3.8) is 0 Å². The number of hydrogen-bond acceptors (Lipinski definition) is 3. The minimum absolute atomic E-state index is 0.0406. The summed E-state index contributed by atoms with van der Waals surface area (Å²) in [6, 6.07) is 2.46. The van der Waals surface area contributed by atoms with E-state index >= 15 is 0 Å². The third-order valence-electron chi connectivity index (χ3n) is 1.72. The molecule has 0 aliphatic carbocycles. The van der Waals surface area contributed by atoms with Crippen molar-refractivity contribution in [2.75, 3.05) is 6.61 Å². The van der Waals surface area contributed by atoms with Gasteiger partial charge in [-0.25, -0.2) is 8.42 Å². The molecule has 0 bridgehead atoms. The molecule has 0 saturated heterocycles. The van der Waals surface area contributed by atoms with Gasteiger partial charge >= 0.3 is 0 Å². The first kappa shape index (κ1) is 14.6. The summed E-state index contributed by atoms with van der Waals surface area (Å²) < 4.78 is 27.6. The monoisotopic (exact) mass is 314 g/mol. The molecule has 1 rings (SSSR count). The molecule has 0 fully saturated rings. The highest BCUT2D eigenvalue weighted by molar-refractivity contribution is 8.13. The molecule has 0 atom stereocenters. The predicted octanol–water partition coefficient (Wildman–Crippen LogP) is 3.88. The first-order valence-electron chi connectivity index (χ1n) is 4.42. The van der Waals surface area contributed by atoms with E-state index in [0.29, 0.717) is 0 Å². The lowest BCUT2D eigenvalue weighted by molar-refractivity contribution is 0.352. The van der Waals surface area contributed by atoms with Crippen LogP contribution in [0.1, 0.15) is 6.92 Å². The Bertz CT molecular complexity index is 552. The smallest absolute Gasteiger partial charge is 0.262 e. The first-order chi connectivity index (χ1) is 7.71. The Hall–Kier alpha value is -0.420. The van der Waals surface area contributed by atoms with Crippen LogP contribution in [0.4, 0.5) is 0 Å². The Balaban J connectivity index is 3.14. The van der Waals surface area contributed by atoms with Gasteiger partial charge in [0.05, 0.1) is 10.0 Å². The SMILES string of the molecule is C=C(C)COc1cc(Cl)c(S(=O)(=O)Cl)cc1Cl. The van der Waals surface area contributed by atoms with E-state index in [1.54, 1.807) is 6.92 Å². The van der Waals surface area contributed by atoms with Crippen LogP contribution in [0, 0.1) is 0 Å². The highest BCUT2D eigenvalue weighted by Gasteiger charge is 2.18. The van der Waals surface area contributed by atoms with E-state index in [1.807, 2.05) is 0 Å². The van der Waals surface area contributed by atoms with Crippen LogP contribution in [-0.2, 0) is 9.05 Å². The Morgan fingerprint density at radius 3 is 2.41 bits per heavy atom. The molecule has 0 heterocycles. The zero-order chi connectivity index (χ0) is 13.2.